The molecule has 0 saturated heterocycles. The summed E-state index contributed by atoms with van der Waals surface area (Å²) in [4.78, 5) is 8.53. The maximum Gasteiger partial charge on any atom is 0.0896 e. The highest BCUT2D eigenvalue weighted by molar-refractivity contribution is 5.25. The van der Waals surface area contributed by atoms with E-state index >= 15 is 0 Å². The van der Waals surface area contributed by atoms with Crippen molar-refractivity contribution in [2.75, 3.05) is 0 Å². The molecule has 0 amide bonds. The van der Waals surface area contributed by atoms with Gasteiger partial charge in [-0.15, -0.1) is 0 Å². The van der Waals surface area contributed by atoms with E-state index < -0.39 is 0 Å². The first-order chi connectivity index (χ1) is 7.81. The van der Waals surface area contributed by atoms with E-state index in [1.807, 2.05) is 43.5 Å². The van der Waals surface area contributed by atoms with Crippen molar-refractivity contribution in [1.82, 2.24) is 15.4 Å². The first-order valence-electron chi connectivity index (χ1n) is 5.11. The van der Waals surface area contributed by atoms with E-state index in [9.17, 15) is 0 Å². The van der Waals surface area contributed by atoms with Gasteiger partial charge in [-0.2, -0.15) is 0 Å². The molecule has 4 nitrogen and oxygen atoms in total. The molecule has 4 heteroatoms. The summed E-state index contributed by atoms with van der Waals surface area (Å²) in [6.45, 7) is 1.95. The Morgan fingerprint density at radius 2 is 2.06 bits per heavy atom. The van der Waals surface area contributed by atoms with Crippen LogP contribution in [-0.2, 0) is 0 Å². The molecule has 0 saturated carbocycles. The third-order valence-electron chi connectivity index (χ3n) is 2.42. The van der Waals surface area contributed by atoms with Crippen LogP contribution < -0.4 is 11.3 Å². The Morgan fingerprint density at radius 1 is 1.19 bits per heavy atom. The molecule has 1 atom stereocenters. The summed E-state index contributed by atoms with van der Waals surface area (Å²) in [6.07, 6.45) is 3.57. The molecule has 2 rings (SSSR count). The molecule has 2 aromatic rings. The van der Waals surface area contributed by atoms with Gasteiger partial charge in [0.25, 0.3) is 0 Å². The predicted octanol–water partition coefficient (Wildman–Crippen LogP) is 1.34. The van der Waals surface area contributed by atoms with Gasteiger partial charge in [0.2, 0.25) is 0 Å². The van der Waals surface area contributed by atoms with Crippen LogP contribution in [0.3, 0.4) is 0 Å². The van der Waals surface area contributed by atoms with E-state index in [2.05, 4.69) is 15.4 Å². The Labute approximate surface area is 94.5 Å². The van der Waals surface area contributed by atoms with Crippen molar-refractivity contribution >= 4 is 0 Å². The molecule has 0 fully saturated rings. The van der Waals surface area contributed by atoms with E-state index in [4.69, 9.17) is 5.84 Å². The summed E-state index contributed by atoms with van der Waals surface area (Å²) in [6, 6.07) is 9.60. The monoisotopic (exact) mass is 214 g/mol. The quantitative estimate of drug-likeness (QED) is 0.597. The van der Waals surface area contributed by atoms with Gasteiger partial charge in [0.1, 0.15) is 0 Å². The molecule has 3 N–H and O–H groups in total. The van der Waals surface area contributed by atoms with Crippen molar-refractivity contribution in [2.24, 2.45) is 5.84 Å². The summed E-state index contributed by atoms with van der Waals surface area (Å²) in [5.41, 5.74) is 5.63. The maximum atomic E-state index is 5.56. The van der Waals surface area contributed by atoms with Crippen LogP contribution in [0, 0.1) is 6.92 Å². The summed E-state index contributed by atoms with van der Waals surface area (Å²) >= 11 is 0. The molecule has 0 bridgehead atoms. The van der Waals surface area contributed by atoms with Crippen LogP contribution in [0.1, 0.15) is 23.0 Å². The molecule has 0 aliphatic carbocycles. The van der Waals surface area contributed by atoms with Crippen molar-refractivity contribution in [1.29, 1.82) is 0 Å². The molecular formula is C12H14N4. The lowest BCUT2D eigenvalue weighted by Gasteiger charge is -2.15. The Kier molecular flexibility index (Phi) is 3.24. The minimum absolute atomic E-state index is 0.116. The smallest absolute Gasteiger partial charge is 0.0896 e. The van der Waals surface area contributed by atoms with Crippen LogP contribution in [-0.4, -0.2) is 9.97 Å². The van der Waals surface area contributed by atoms with Crippen molar-refractivity contribution in [3.8, 4) is 0 Å². The number of hydrazine groups is 1. The summed E-state index contributed by atoms with van der Waals surface area (Å²) in [5.74, 6) is 5.56. The largest absolute Gasteiger partial charge is 0.271 e. The average molecular weight is 214 g/mol. The highest BCUT2D eigenvalue weighted by atomic mass is 15.2. The van der Waals surface area contributed by atoms with Crippen molar-refractivity contribution in [3.05, 3.63) is 59.7 Å². The second-order valence-electron chi connectivity index (χ2n) is 3.59. The lowest BCUT2D eigenvalue weighted by atomic mass is 10.1. The van der Waals surface area contributed by atoms with E-state index in [1.54, 1.807) is 6.20 Å². The number of nitrogens with zero attached hydrogens (tertiary/aromatic N) is 2. The average Bonchev–Trinajstić information content (AvgIpc) is 2.34. The van der Waals surface area contributed by atoms with Crippen LogP contribution in [0.15, 0.2) is 42.7 Å². The minimum atomic E-state index is -0.116. The number of pyridine rings is 2. The highest BCUT2D eigenvalue weighted by Crippen LogP contribution is 2.18. The van der Waals surface area contributed by atoms with Gasteiger partial charge < -0.3 is 0 Å². The number of nitrogens with two attached hydrogens (primary N) is 1. The number of aryl methyl sites for hydroxylation is 1. The van der Waals surface area contributed by atoms with Gasteiger partial charge in [0.05, 0.1) is 11.7 Å². The summed E-state index contributed by atoms with van der Waals surface area (Å²) < 4.78 is 0. The zero-order valence-corrected chi connectivity index (χ0v) is 9.09. The fraction of sp³-hybridized carbons (Fsp3) is 0.167. The van der Waals surface area contributed by atoms with Gasteiger partial charge in [-0.3, -0.25) is 15.8 Å². The zero-order chi connectivity index (χ0) is 11.4. The van der Waals surface area contributed by atoms with Gasteiger partial charge in [0.15, 0.2) is 0 Å². The first kappa shape index (κ1) is 10.7. The third-order valence-corrected chi connectivity index (χ3v) is 2.42. The van der Waals surface area contributed by atoms with Crippen molar-refractivity contribution in [3.63, 3.8) is 0 Å². The Bertz CT molecular complexity index is 438. The second kappa shape index (κ2) is 4.83. The number of aromatic nitrogens is 2. The van der Waals surface area contributed by atoms with Crippen LogP contribution in [0.25, 0.3) is 0 Å². The number of nitrogens with one attached hydrogen (secondary N) is 1. The molecule has 0 aliphatic heterocycles. The Hall–Kier alpha value is -1.78. The fourth-order valence-corrected chi connectivity index (χ4v) is 1.55. The molecule has 0 radical (unpaired) electrons. The van der Waals surface area contributed by atoms with Crippen molar-refractivity contribution in [2.45, 2.75) is 13.0 Å². The normalized spacial score (nSPS) is 12.4. The molecule has 2 heterocycles. The molecule has 16 heavy (non-hydrogen) atoms. The van der Waals surface area contributed by atoms with E-state index in [-0.39, 0.29) is 6.04 Å². The van der Waals surface area contributed by atoms with Gasteiger partial charge in [-0.1, -0.05) is 12.1 Å². The maximum absolute atomic E-state index is 5.56. The van der Waals surface area contributed by atoms with E-state index in [0.717, 1.165) is 17.0 Å². The molecule has 2 aromatic heterocycles. The molecular weight excluding hydrogens is 200 g/mol. The highest BCUT2D eigenvalue weighted by Gasteiger charge is 2.12. The SMILES string of the molecule is Cc1ccc(C(NN)c2ccccn2)cn1. The van der Waals surface area contributed by atoms with Crippen molar-refractivity contribution < 1.29 is 0 Å². The number of hydrogen-bond acceptors (Lipinski definition) is 4. The predicted molar refractivity (Wildman–Crippen MR) is 62.4 cm³/mol. The van der Waals surface area contributed by atoms with E-state index in [0.29, 0.717) is 0 Å². The molecule has 0 aliphatic rings. The van der Waals surface area contributed by atoms with Gasteiger partial charge in [0, 0.05) is 18.1 Å². The van der Waals surface area contributed by atoms with E-state index in [1.165, 1.54) is 0 Å². The van der Waals surface area contributed by atoms with Gasteiger partial charge in [-0.05, 0) is 30.7 Å². The zero-order valence-electron chi connectivity index (χ0n) is 9.09. The lowest BCUT2D eigenvalue weighted by Crippen LogP contribution is -2.29. The summed E-state index contributed by atoms with van der Waals surface area (Å²) in [7, 11) is 0. The first-order valence-corrected chi connectivity index (χ1v) is 5.11. The standard InChI is InChI=1S/C12H14N4/c1-9-5-6-10(8-15-9)12(16-13)11-4-2-3-7-14-11/h2-8,12,16H,13H2,1H3. The second-order valence-corrected chi connectivity index (χ2v) is 3.59. The fourth-order valence-electron chi connectivity index (χ4n) is 1.55. The molecule has 0 aromatic carbocycles. The van der Waals surface area contributed by atoms with Crippen LogP contribution in [0.5, 0.6) is 0 Å². The van der Waals surface area contributed by atoms with Crippen LogP contribution >= 0.6 is 0 Å². The molecule has 0 spiro atoms. The number of rotatable bonds is 3. The van der Waals surface area contributed by atoms with Gasteiger partial charge >= 0.3 is 0 Å². The van der Waals surface area contributed by atoms with Crippen LogP contribution in [0.2, 0.25) is 0 Å². The molecule has 1 unspecified atom stereocenters. The van der Waals surface area contributed by atoms with Gasteiger partial charge in [-0.25, -0.2) is 5.43 Å². The minimum Gasteiger partial charge on any atom is -0.271 e. The Balaban J connectivity index is 2.33. The van der Waals surface area contributed by atoms with Crippen LogP contribution in [0.4, 0.5) is 0 Å². The summed E-state index contributed by atoms with van der Waals surface area (Å²) in [5, 5.41) is 0. The topological polar surface area (TPSA) is 63.8 Å². The molecule has 82 valence electrons. The Morgan fingerprint density at radius 3 is 2.62 bits per heavy atom. The lowest BCUT2D eigenvalue weighted by molar-refractivity contribution is 0.618. The third kappa shape index (κ3) is 2.24. The number of hydrogen-bond donors (Lipinski definition) is 2.